The second-order valence-electron chi connectivity index (χ2n) is 5.94. The van der Waals surface area contributed by atoms with Crippen molar-refractivity contribution in [3.8, 4) is 11.8 Å². The zero-order valence-electron chi connectivity index (χ0n) is 14.9. The molecule has 1 heterocycles. The van der Waals surface area contributed by atoms with E-state index in [-0.39, 0.29) is 12.5 Å². The predicted octanol–water partition coefficient (Wildman–Crippen LogP) is 4.06. The smallest absolute Gasteiger partial charge is 0.270 e. The molecule has 27 heavy (non-hydrogen) atoms. The fourth-order valence-corrected chi connectivity index (χ4v) is 3.82. The summed E-state index contributed by atoms with van der Waals surface area (Å²) in [5, 5.41) is 8.54. The average molecular weight is 396 g/mol. The van der Waals surface area contributed by atoms with Crippen molar-refractivity contribution >= 4 is 51.7 Å². The quantitative estimate of drug-likeness (QED) is 0.562. The molecule has 0 radical (unpaired) electrons. The molecule has 1 aliphatic heterocycles. The van der Waals surface area contributed by atoms with Crippen LogP contribution in [0.3, 0.4) is 0 Å². The van der Waals surface area contributed by atoms with Gasteiger partial charge in [-0.1, -0.05) is 36.1 Å². The van der Waals surface area contributed by atoms with Crippen molar-refractivity contribution in [1.29, 1.82) is 5.26 Å². The number of anilines is 2. The second-order valence-corrected chi connectivity index (χ2v) is 7.62. The molecule has 1 amide bonds. The minimum absolute atomic E-state index is 0.00458. The highest BCUT2D eigenvalue weighted by Crippen LogP contribution is 2.36. The van der Waals surface area contributed by atoms with E-state index in [4.69, 9.17) is 22.2 Å². The number of ether oxygens (including phenoxy) is 1. The fraction of sp³-hybridized carbons (Fsp3) is 0.150. The minimum Gasteiger partial charge on any atom is -0.479 e. The van der Waals surface area contributed by atoms with Crippen LogP contribution < -0.4 is 14.5 Å². The summed E-state index contributed by atoms with van der Waals surface area (Å²) in [6.07, 6.45) is 1.81. The molecule has 3 rings (SSSR count). The molecule has 7 heteroatoms. The highest BCUT2D eigenvalue weighted by atomic mass is 32.2. The van der Waals surface area contributed by atoms with Crippen molar-refractivity contribution in [3.63, 3.8) is 0 Å². The SMILES string of the molecule is CN(C)c1ccc(N2C(=O)/C(=C\c3ccc(OCC#N)cc3)SC2=S)cc1. The number of hydrogen-bond acceptors (Lipinski definition) is 6. The number of nitriles is 1. The molecule has 5 nitrogen and oxygen atoms in total. The van der Waals surface area contributed by atoms with Gasteiger partial charge in [-0.15, -0.1) is 0 Å². The van der Waals surface area contributed by atoms with Crippen LogP contribution in [0.25, 0.3) is 6.08 Å². The standard InChI is InChI=1S/C20H17N3O2S2/c1-22(2)15-5-7-16(8-6-15)23-19(24)18(27-20(23)26)13-14-3-9-17(10-4-14)25-12-11-21/h3-10,13H,12H2,1-2H3/b18-13+. The van der Waals surface area contributed by atoms with Crippen LogP contribution in [0.2, 0.25) is 0 Å². The van der Waals surface area contributed by atoms with E-state index in [1.807, 2.05) is 67.5 Å². The van der Waals surface area contributed by atoms with Crippen molar-refractivity contribution in [2.24, 2.45) is 0 Å². The Morgan fingerprint density at radius 1 is 1.19 bits per heavy atom. The van der Waals surface area contributed by atoms with E-state index in [1.54, 1.807) is 17.0 Å². The van der Waals surface area contributed by atoms with Gasteiger partial charge in [0.25, 0.3) is 5.91 Å². The molecule has 0 spiro atoms. The van der Waals surface area contributed by atoms with E-state index >= 15 is 0 Å². The number of nitrogens with zero attached hydrogens (tertiary/aromatic N) is 3. The van der Waals surface area contributed by atoms with E-state index in [0.29, 0.717) is 15.0 Å². The van der Waals surface area contributed by atoms with Crippen molar-refractivity contribution in [2.45, 2.75) is 0 Å². The first-order valence-corrected chi connectivity index (χ1v) is 9.37. The summed E-state index contributed by atoms with van der Waals surface area (Å²) in [5.41, 5.74) is 2.67. The average Bonchev–Trinajstić information content (AvgIpc) is 2.94. The Morgan fingerprint density at radius 3 is 2.44 bits per heavy atom. The molecule has 0 unspecified atom stereocenters. The maximum atomic E-state index is 12.8. The molecule has 0 N–H and O–H groups in total. The third kappa shape index (κ3) is 4.30. The summed E-state index contributed by atoms with van der Waals surface area (Å²) in [5.74, 6) is 0.481. The van der Waals surface area contributed by atoms with Crippen molar-refractivity contribution in [2.75, 3.05) is 30.5 Å². The first-order chi connectivity index (χ1) is 13.0. The summed E-state index contributed by atoms with van der Waals surface area (Å²) in [4.78, 5) is 16.9. The van der Waals surface area contributed by atoms with Crippen LogP contribution in [-0.2, 0) is 4.79 Å². The van der Waals surface area contributed by atoms with Gasteiger partial charge >= 0.3 is 0 Å². The van der Waals surface area contributed by atoms with Gasteiger partial charge in [-0.05, 0) is 48.0 Å². The lowest BCUT2D eigenvalue weighted by Crippen LogP contribution is -2.27. The third-order valence-corrected chi connectivity index (χ3v) is 5.20. The Bertz CT molecular complexity index is 929. The van der Waals surface area contributed by atoms with Gasteiger partial charge in [-0.2, -0.15) is 5.26 Å². The molecule has 2 aromatic carbocycles. The monoisotopic (exact) mass is 395 g/mol. The zero-order valence-corrected chi connectivity index (χ0v) is 16.5. The highest BCUT2D eigenvalue weighted by Gasteiger charge is 2.33. The van der Waals surface area contributed by atoms with E-state index in [0.717, 1.165) is 16.9 Å². The Balaban J connectivity index is 1.79. The lowest BCUT2D eigenvalue weighted by atomic mass is 10.2. The van der Waals surface area contributed by atoms with Gasteiger partial charge < -0.3 is 9.64 Å². The predicted molar refractivity (Wildman–Crippen MR) is 114 cm³/mol. The maximum Gasteiger partial charge on any atom is 0.270 e. The Labute approximate surface area is 167 Å². The molecule has 0 bridgehead atoms. The van der Waals surface area contributed by atoms with Gasteiger partial charge in [-0.3, -0.25) is 9.69 Å². The number of amides is 1. The van der Waals surface area contributed by atoms with Gasteiger partial charge in [-0.25, -0.2) is 0 Å². The molecular weight excluding hydrogens is 378 g/mol. The molecule has 136 valence electrons. The maximum absolute atomic E-state index is 12.8. The third-order valence-electron chi connectivity index (χ3n) is 3.90. The van der Waals surface area contributed by atoms with Crippen LogP contribution in [-0.4, -0.2) is 30.9 Å². The molecule has 2 aromatic rings. The van der Waals surface area contributed by atoms with Gasteiger partial charge in [0.2, 0.25) is 0 Å². The number of thioether (sulfide) groups is 1. The van der Waals surface area contributed by atoms with Crippen molar-refractivity contribution < 1.29 is 9.53 Å². The largest absolute Gasteiger partial charge is 0.479 e. The highest BCUT2D eigenvalue weighted by molar-refractivity contribution is 8.27. The van der Waals surface area contributed by atoms with Gasteiger partial charge in [0.05, 0.1) is 10.6 Å². The topological polar surface area (TPSA) is 56.6 Å². The minimum atomic E-state index is -0.132. The Hall–Kier alpha value is -2.82. The van der Waals surface area contributed by atoms with Crippen molar-refractivity contribution in [3.05, 3.63) is 59.0 Å². The van der Waals surface area contributed by atoms with E-state index in [1.165, 1.54) is 11.8 Å². The molecule has 1 fully saturated rings. The summed E-state index contributed by atoms with van der Waals surface area (Å²) < 4.78 is 5.75. The van der Waals surface area contributed by atoms with Crippen LogP contribution in [0.15, 0.2) is 53.4 Å². The van der Waals surface area contributed by atoms with E-state index in [2.05, 4.69) is 0 Å². The van der Waals surface area contributed by atoms with E-state index in [9.17, 15) is 4.79 Å². The van der Waals surface area contributed by atoms with Crippen molar-refractivity contribution in [1.82, 2.24) is 0 Å². The molecule has 1 aliphatic rings. The Kier molecular flexibility index (Phi) is 5.79. The molecule has 0 aliphatic carbocycles. The fourth-order valence-electron chi connectivity index (χ4n) is 2.52. The molecule has 0 atom stereocenters. The van der Waals surface area contributed by atoms with Gasteiger partial charge in [0.1, 0.15) is 11.8 Å². The number of carbonyl (C=O) groups excluding carboxylic acids is 1. The van der Waals surface area contributed by atoms with Gasteiger partial charge in [0.15, 0.2) is 10.9 Å². The Morgan fingerprint density at radius 2 is 1.85 bits per heavy atom. The van der Waals surface area contributed by atoms with Crippen LogP contribution in [0.1, 0.15) is 5.56 Å². The second kappa shape index (κ2) is 8.25. The molecule has 1 saturated heterocycles. The van der Waals surface area contributed by atoms with Crippen LogP contribution in [0.4, 0.5) is 11.4 Å². The van der Waals surface area contributed by atoms with Gasteiger partial charge in [0, 0.05) is 19.8 Å². The number of thiocarbonyl (C=S) groups is 1. The number of hydrogen-bond donors (Lipinski definition) is 0. The number of carbonyl (C=O) groups is 1. The number of benzene rings is 2. The number of rotatable bonds is 5. The first-order valence-electron chi connectivity index (χ1n) is 8.15. The summed E-state index contributed by atoms with van der Waals surface area (Å²) in [7, 11) is 3.93. The van der Waals surface area contributed by atoms with Crippen LogP contribution in [0.5, 0.6) is 5.75 Å². The summed E-state index contributed by atoms with van der Waals surface area (Å²) >= 11 is 6.70. The first kappa shape index (κ1) is 19.0. The lowest BCUT2D eigenvalue weighted by molar-refractivity contribution is -0.113. The molecule has 0 aromatic heterocycles. The summed E-state index contributed by atoms with van der Waals surface area (Å²) in [6, 6.07) is 16.8. The van der Waals surface area contributed by atoms with Crippen LogP contribution in [0, 0.1) is 11.3 Å². The zero-order chi connectivity index (χ0) is 19.4. The van der Waals surface area contributed by atoms with E-state index < -0.39 is 0 Å². The summed E-state index contributed by atoms with van der Waals surface area (Å²) in [6.45, 7) is 0.00458. The molecular formula is C20H17N3O2S2. The van der Waals surface area contributed by atoms with Crippen LogP contribution >= 0.6 is 24.0 Å². The normalized spacial score (nSPS) is 15.1. The lowest BCUT2D eigenvalue weighted by Gasteiger charge is -2.17. The molecule has 0 saturated carbocycles.